The number of halogens is 5. The first-order valence-corrected chi connectivity index (χ1v) is 14.3. The van der Waals surface area contributed by atoms with Crippen LogP contribution in [0.2, 0.25) is 0 Å². The van der Waals surface area contributed by atoms with Gasteiger partial charge in [0.25, 0.3) is 5.91 Å². The Morgan fingerprint density at radius 1 is 1.02 bits per heavy atom. The van der Waals surface area contributed by atoms with Crippen LogP contribution in [0.4, 0.5) is 13.2 Å². The van der Waals surface area contributed by atoms with Crippen LogP contribution in [0.1, 0.15) is 72.6 Å². The zero-order valence-electron chi connectivity index (χ0n) is 24.5. The fraction of sp³-hybridized carbons (Fsp3) is 0.581. The SMILES string of the molecule is Cc1ccnc(C)c1C(=O)N1CCC(C)(N2CCC(N(Cc3cccc(F)c3)C(=O)C3CC(F)(F)C3)CC2)CC1.Cl.Cl. The number of benzene rings is 1. The summed E-state index contributed by atoms with van der Waals surface area (Å²) in [5, 5.41) is 0. The molecule has 3 heterocycles. The van der Waals surface area contributed by atoms with E-state index in [0.717, 1.165) is 50.0 Å². The lowest BCUT2D eigenvalue weighted by molar-refractivity contribution is -0.163. The molecule has 0 N–H and O–H groups in total. The van der Waals surface area contributed by atoms with E-state index in [1.54, 1.807) is 23.2 Å². The van der Waals surface area contributed by atoms with Crippen LogP contribution in [0.5, 0.6) is 0 Å². The monoisotopic (exact) mass is 628 g/mol. The van der Waals surface area contributed by atoms with Gasteiger partial charge >= 0.3 is 0 Å². The van der Waals surface area contributed by atoms with E-state index in [-0.39, 0.29) is 60.6 Å². The number of piperidine rings is 2. The number of hydrogen-bond donors (Lipinski definition) is 0. The molecule has 5 rings (SSSR count). The minimum atomic E-state index is -2.77. The van der Waals surface area contributed by atoms with Crippen molar-refractivity contribution < 1.29 is 22.8 Å². The van der Waals surface area contributed by atoms with Crippen molar-refractivity contribution in [3.05, 3.63) is 64.7 Å². The first-order valence-electron chi connectivity index (χ1n) is 14.3. The van der Waals surface area contributed by atoms with Gasteiger partial charge in [-0.15, -0.1) is 24.8 Å². The lowest BCUT2D eigenvalue weighted by Crippen LogP contribution is -2.59. The van der Waals surface area contributed by atoms with E-state index >= 15 is 0 Å². The van der Waals surface area contributed by atoms with Crippen molar-refractivity contribution in [3.8, 4) is 0 Å². The first kappa shape index (κ1) is 34.1. The third-order valence-electron chi connectivity index (χ3n) is 9.32. The van der Waals surface area contributed by atoms with Crippen molar-refractivity contribution in [1.82, 2.24) is 19.7 Å². The highest BCUT2D eigenvalue weighted by molar-refractivity contribution is 5.96. The molecule has 1 aliphatic carbocycles. The summed E-state index contributed by atoms with van der Waals surface area (Å²) in [6.07, 6.45) is 4.08. The molecule has 2 saturated heterocycles. The molecule has 11 heteroatoms. The number of hydrogen-bond acceptors (Lipinski definition) is 4. The van der Waals surface area contributed by atoms with Crippen molar-refractivity contribution in [2.24, 2.45) is 5.92 Å². The van der Waals surface area contributed by atoms with Gasteiger partial charge in [0.05, 0.1) is 11.3 Å². The molecule has 0 spiro atoms. The molecule has 232 valence electrons. The Kier molecular flexibility index (Phi) is 11.0. The molecule has 0 unspecified atom stereocenters. The number of alkyl halides is 2. The zero-order valence-corrected chi connectivity index (χ0v) is 26.1. The van der Waals surface area contributed by atoms with Crippen molar-refractivity contribution in [3.63, 3.8) is 0 Å². The summed E-state index contributed by atoms with van der Waals surface area (Å²) >= 11 is 0. The largest absolute Gasteiger partial charge is 0.338 e. The molecule has 0 atom stereocenters. The van der Waals surface area contributed by atoms with Gasteiger partial charge in [0, 0.05) is 69.3 Å². The maximum Gasteiger partial charge on any atom is 0.255 e. The van der Waals surface area contributed by atoms with Crippen LogP contribution in [0.15, 0.2) is 36.5 Å². The smallest absolute Gasteiger partial charge is 0.255 e. The summed E-state index contributed by atoms with van der Waals surface area (Å²) in [6.45, 7) is 9.20. The summed E-state index contributed by atoms with van der Waals surface area (Å²) in [6, 6.07) is 7.95. The lowest BCUT2D eigenvalue weighted by Gasteiger charge is -2.50. The summed E-state index contributed by atoms with van der Waals surface area (Å²) in [4.78, 5) is 37.1. The normalized spacial score (nSPS) is 20.6. The van der Waals surface area contributed by atoms with Crippen molar-refractivity contribution in [2.75, 3.05) is 26.2 Å². The minimum Gasteiger partial charge on any atom is -0.338 e. The molecule has 2 amide bonds. The minimum absolute atomic E-state index is 0. The predicted molar refractivity (Wildman–Crippen MR) is 161 cm³/mol. The Hall–Kier alpha value is -2.36. The van der Waals surface area contributed by atoms with Gasteiger partial charge in [-0.25, -0.2) is 13.2 Å². The fourth-order valence-electron chi connectivity index (χ4n) is 6.69. The molecular weight excluding hydrogens is 588 g/mol. The quantitative estimate of drug-likeness (QED) is 0.381. The van der Waals surface area contributed by atoms with Crippen molar-refractivity contribution >= 4 is 36.6 Å². The summed E-state index contributed by atoms with van der Waals surface area (Å²) in [7, 11) is 0. The number of carbonyl (C=O) groups excluding carboxylic acids is 2. The van der Waals surface area contributed by atoms with Gasteiger partial charge in [0.1, 0.15) is 5.82 Å². The number of likely N-dealkylation sites (tertiary alicyclic amines) is 2. The Morgan fingerprint density at radius 3 is 2.24 bits per heavy atom. The average molecular weight is 630 g/mol. The Balaban J connectivity index is 0.00000242. The lowest BCUT2D eigenvalue weighted by atomic mass is 9.79. The number of nitrogens with zero attached hydrogens (tertiary/aromatic N) is 4. The average Bonchev–Trinajstić information content (AvgIpc) is 2.90. The summed E-state index contributed by atoms with van der Waals surface area (Å²) < 4.78 is 41.1. The van der Waals surface area contributed by atoms with E-state index in [1.165, 1.54) is 12.1 Å². The van der Waals surface area contributed by atoms with Gasteiger partial charge in [-0.1, -0.05) is 12.1 Å². The van der Waals surface area contributed by atoms with Gasteiger partial charge in [0.2, 0.25) is 11.8 Å². The van der Waals surface area contributed by atoms with Crippen molar-refractivity contribution in [1.29, 1.82) is 0 Å². The van der Waals surface area contributed by atoms with Crippen LogP contribution in [0.25, 0.3) is 0 Å². The van der Waals surface area contributed by atoms with E-state index in [9.17, 15) is 22.8 Å². The molecule has 3 fully saturated rings. The van der Waals surface area contributed by atoms with Crippen LogP contribution >= 0.6 is 24.8 Å². The molecule has 42 heavy (non-hydrogen) atoms. The molecule has 0 radical (unpaired) electrons. The first-order chi connectivity index (χ1) is 19.0. The van der Waals surface area contributed by atoms with Gasteiger partial charge in [0.15, 0.2) is 0 Å². The van der Waals surface area contributed by atoms with E-state index in [1.807, 2.05) is 24.8 Å². The van der Waals surface area contributed by atoms with E-state index < -0.39 is 24.7 Å². The number of aromatic nitrogens is 1. The number of aryl methyl sites for hydroxylation is 2. The predicted octanol–water partition coefficient (Wildman–Crippen LogP) is 6.21. The molecule has 1 aromatic carbocycles. The maximum atomic E-state index is 13.9. The highest BCUT2D eigenvalue weighted by Crippen LogP contribution is 2.44. The topological polar surface area (TPSA) is 56.8 Å². The van der Waals surface area contributed by atoms with Gasteiger partial charge < -0.3 is 9.80 Å². The molecule has 1 saturated carbocycles. The Morgan fingerprint density at radius 2 is 1.67 bits per heavy atom. The number of pyridine rings is 1. The molecule has 2 aliphatic heterocycles. The second-order valence-electron chi connectivity index (χ2n) is 12.2. The molecule has 2 aromatic rings. The van der Waals surface area contributed by atoms with Gasteiger partial charge in [-0.05, 0) is 75.8 Å². The van der Waals surface area contributed by atoms with Crippen LogP contribution in [0.3, 0.4) is 0 Å². The van der Waals surface area contributed by atoms with Crippen molar-refractivity contribution in [2.45, 2.75) is 83.3 Å². The van der Waals surface area contributed by atoms with Crippen LogP contribution in [-0.4, -0.2) is 75.2 Å². The van der Waals surface area contributed by atoms with Crippen LogP contribution in [0, 0.1) is 25.6 Å². The third-order valence-corrected chi connectivity index (χ3v) is 9.32. The number of rotatable bonds is 6. The number of carbonyl (C=O) groups is 2. The van der Waals surface area contributed by atoms with Crippen LogP contribution in [-0.2, 0) is 11.3 Å². The second kappa shape index (κ2) is 13.5. The Bertz CT molecular complexity index is 1240. The third kappa shape index (κ3) is 7.22. The van der Waals surface area contributed by atoms with E-state index in [0.29, 0.717) is 24.2 Å². The summed E-state index contributed by atoms with van der Waals surface area (Å²) in [5.41, 5.74) is 3.00. The highest BCUT2D eigenvalue weighted by atomic mass is 35.5. The standard InChI is InChI=1S/C31H39F3N4O2.2ClH/c1-21-7-12-35-22(2)27(21)29(40)36-15-10-30(3,11-16-36)37-13-8-26(9-14-37)38(20-23-5-4-6-25(32)17-23)28(39)24-18-31(33,34)19-24;;/h4-7,12,17,24,26H,8-11,13-16,18-20H2,1-3H3;2*1H. The van der Waals surface area contributed by atoms with Crippen LogP contribution < -0.4 is 0 Å². The van der Waals surface area contributed by atoms with E-state index in [4.69, 9.17) is 0 Å². The van der Waals surface area contributed by atoms with Gasteiger partial charge in [-0.3, -0.25) is 19.5 Å². The fourth-order valence-corrected chi connectivity index (χ4v) is 6.69. The number of amides is 2. The molecule has 6 nitrogen and oxygen atoms in total. The summed E-state index contributed by atoms with van der Waals surface area (Å²) in [5.74, 6) is -4.02. The molecule has 3 aliphatic rings. The van der Waals surface area contributed by atoms with E-state index in [2.05, 4.69) is 16.8 Å². The molecule has 0 bridgehead atoms. The van der Waals surface area contributed by atoms with Gasteiger partial charge in [-0.2, -0.15) is 0 Å². The zero-order chi connectivity index (χ0) is 28.7. The highest BCUT2D eigenvalue weighted by Gasteiger charge is 2.50. The second-order valence-corrected chi connectivity index (χ2v) is 12.2. The Labute approximate surface area is 258 Å². The molecular formula is C31H41Cl2F3N4O2. The maximum absolute atomic E-state index is 13.9. The molecule has 1 aromatic heterocycles.